The third-order valence-electron chi connectivity index (χ3n) is 4.08. The van der Waals surface area contributed by atoms with Crippen LogP contribution in [-0.4, -0.2) is 34.5 Å². The monoisotopic (exact) mass is 309 g/mol. The Bertz CT molecular complexity index is 511. The van der Waals surface area contributed by atoms with Crippen molar-refractivity contribution in [1.82, 2.24) is 4.90 Å². The lowest BCUT2D eigenvalue weighted by atomic mass is 9.92. The predicted octanol–water partition coefficient (Wildman–Crippen LogP) is 3.09. The smallest absolute Gasteiger partial charge is 0.326 e. The Hall–Kier alpha value is -1.36. The molecule has 21 heavy (non-hydrogen) atoms. The van der Waals surface area contributed by atoms with Crippen LogP contribution in [0.1, 0.15) is 42.4 Å². The number of amides is 1. The number of aryl methyl sites for hydroxylation is 2. The maximum absolute atomic E-state index is 12.3. The van der Waals surface area contributed by atoms with Crippen LogP contribution >= 0.6 is 11.3 Å². The van der Waals surface area contributed by atoms with Gasteiger partial charge < -0.3 is 10.0 Å². The molecule has 2 rings (SSSR count). The van der Waals surface area contributed by atoms with Crippen LogP contribution < -0.4 is 0 Å². The minimum atomic E-state index is -0.871. The average molecular weight is 309 g/mol. The molecule has 116 valence electrons. The van der Waals surface area contributed by atoms with Crippen LogP contribution in [0.3, 0.4) is 0 Å². The van der Waals surface area contributed by atoms with Gasteiger partial charge in [-0.1, -0.05) is 6.92 Å². The highest BCUT2D eigenvalue weighted by molar-refractivity contribution is 7.11. The Morgan fingerprint density at radius 3 is 2.81 bits per heavy atom. The van der Waals surface area contributed by atoms with Gasteiger partial charge in [0.1, 0.15) is 6.04 Å². The second kappa shape index (κ2) is 7.07. The van der Waals surface area contributed by atoms with E-state index in [1.165, 1.54) is 9.75 Å². The summed E-state index contributed by atoms with van der Waals surface area (Å²) in [6.45, 7) is 4.71. The zero-order chi connectivity index (χ0) is 15.4. The minimum Gasteiger partial charge on any atom is -0.480 e. The fourth-order valence-corrected chi connectivity index (χ4v) is 3.78. The number of thiophene rings is 1. The Morgan fingerprint density at radius 2 is 2.19 bits per heavy atom. The highest BCUT2D eigenvalue weighted by atomic mass is 32.1. The standard InChI is InChI=1S/C16H23NO3S/c1-11-8-9-17(14(10-11)16(19)20)15(18)5-3-4-13-7-6-12(2)21-13/h6-7,11,14H,3-5,8-10H2,1-2H3,(H,19,20). The van der Waals surface area contributed by atoms with E-state index in [0.29, 0.717) is 25.3 Å². The molecule has 0 bridgehead atoms. The van der Waals surface area contributed by atoms with Crippen LogP contribution in [0.5, 0.6) is 0 Å². The fraction of sp³-hybridized carbons (Fsp3) is 0.625. The van der Waals surface area contributed by atoms with Gasteiger partial charge in [0.25, 0.3) is 0 Å². The maximum atomic E-state index is 12.3. The highest BCUT2D eigenvalue weighted by Gasteiger charge is 2.34. The summed E-state index contributed by atoms with van der Waals surface area (Å²) in [5, 5.41) is 9.29. The number of hydrogen-bond acceptors (Lipinski definition) is 3. The minimum absolute atomic E-state index is 0.0115. The number of carbonyl (C=O) groups excluding carboxylic acids is 1. The van der Waals surface area contributed by atoms with Crippen LogP contribution in [0.4, 0.5) is 0 Å². The molecule has 5 heteroatoms. The molecule has 1 amide bonds. The molecule has 0 aromatic carbocycles. The Balaban J connectivity index is 1.85. The molecule has 1 aromatic rings. The number of carbonyl (C=O) groups is 2. The molecule has 1 aliphatic heterocycles. The van der Waals surface area contributed by atoms with Crippen LogP contribution in [0.25, 0.3) is 0 Å². The second-order valence-electron chi connectivity index (χ2n) is 5.94. The number of nitrogens with zero attached hydrogens (tertiary/aromatic N) is 1. The third-order valence-corrected chi connectivity index (χ3v) is 5.14. The van der Waals surface area contributed by atoms with Crippen molar-refractivity contribution in [3.63, 3.8) is 0 Å². The van der Waals surface area contributed by atoms with E-state index in [2.05, 4.69) is 26.0 Å². The number of aliphatic carboxylic acids is 1. The van der Waals surface area contributed by atoms with E-state index >= 15 is 0 Å². The second-order valence-corrected chi connectivity index (χ2v) is 7.31. The van der Waals surface area contributed by atoms with Gasteiger partial charge in [-0.05, 0) is 50.7 Å². The number of piperidine rings is 1. The first-order chi connectivity index (χ1) is 9.97. The first-order valence-corrected chi connectivity index (χ1v) is 8.36. The SMILES string of the molecule is Cc1ccc(CCCC(=O)N2CCC(C)CC2C(=O)O)s1. The molecule has 2 heterocycles. The van der Waals surface area contributed by atoms with Gasteiger partial charge in [-0.15, -0.1) is 11.3 Å². The molecule has 4 nitrogen and oxygen atoms in total. The summed E-state index contributed by atoms with van der Waals surface area (Å²) in [7, 11) is 0. The third kappa shape index (κ3) is 4.30. The molecule has 0 saturated carbocycles. The predicted molar refractivity (Wildman–Crippen MR) is 83.5 cm³/mol. The molecule has 1 N–H and O–H groups in total. The lowest BCUT2D eigenvalue weighted by Gasteiger charge is -2.36. The Labute approximate surface area is 129 Å². The largest absolute Gasteiger partial charge is 0.480 e. The summed E-state index contributed by atoms with van der Waals surface area (Å²) >= 11 is 1.76. The van der Waals surface area contributed by atoms with E-state index < -0.39 is 12.0 Å². The zero-order valence-corrected chi connectivity index (χ0v) is 13.5. The molecule has 2 unspecified atom stereocenters. The molecule has 1 aromatic heterocycles. The average Bonchev–Trinajstić information content (AvgIpc) is 2.84. The quantitative estimate of drug-likeness (QED) is 0.909. The molecule has 2 atom stereocenters. The van der Waals surface area contributed by atoms with Gasteiger partial charge in [-0.2, -0.15) is 0 Å². The van der Waals surface area contributed by atoms with Gasteiger partial charge in [0, 0.05) is 22.7 Å². The maximum Gasteiger partial charge on any atom is 0.326 e. The summed E-state index contributed by atoms with van der Waals surface area (Å²) in [5.74, 6) is -0.504. The van der Waals surface area contributed by atoms with Crippen molar-refractivity contribution in [2.24, 2.45) is 5.92 Å². The lowest BCUT2D eigenvalue weighted by Crippen LogP contribution is -2.49. The number of carboxylic acids is 1. The summed E-state index contributed by atoms with van der Waals surface area (Å²) < 4.78 is 0. The van der Waals surface area contributed by atoms with Gasteiger partial charge in [0.15, 0.2) is 0 Å². The summed E-state index contributed by atoms with van der Waals surface area (Å²) in [6.07, 6.45) is 3.60. The molecule has 0 radical (unpaired) electrons. The molecular weight excluding hydrogens is 286 g/mol. The topological polar surface area (TPSA) is 57.6 Å². The molecule has 1 fully saturated rings. The number of hydrogen-bond donors (Lipinski definition) is 1. The number of rotatable bonds is 5. The number of likely N-dealkylation sites (tertiary alicyclic amines) is 1. The van der Waals surface area contributed by atoms with E-state index in [1.54, 1.807) is 16.2 Å². The van der Waals surface area contributed by atoms with E-state index in [9.17, 15) is 14.7 Å². The van der Waals surface area contributed by atoms with Crippen molar-refractivity contribution >= 4 is 23.2 Å². The van der Waals surface area contributed by atoms with Gasteiger partial charge in [0.2, 0.25) is 5.91 Å². The van der Waals surface area contributed by atoms with Crippen LogP contribution in [-0.2, 0) is 16.0 Å². The van der Waals surface area contributed by atoms with E-state index in [-0.39, 0.29) is 5.91 Å². The van der Waals surface area contributed by atoms with Gasteiger partial charge >= 0.3 is 5.97 Å². The van der Waals surface area contributed by atoms with Crippen molar-refractivity contribution in [2.75, 3.05) is 6.54 Å². The van der Waals surface area contributed by atoms with Crippen molar-refractivity contribution in [3.8, 4) is 0 Å². The Kier molecular flexibility index (Phi) is 5.39. The van der Waals surface area contributed by atoms with E-state index in [0.717, 1.165) is 19.3 Å². The lowest BCUT2D eigenvalue weighted by molar-refractivity contribution is -0.153. The van der Waals surface area contributed by atoms with Crippen molar-refractivity contribution < 1.29 is 14.7 Å². The van der Waals surface area contributed by atoms with Gasteiger partial charge in [-0.25, -0.2) is 4.79 Å². The first-order valence-electron chi connectivity index (χ1n) is 7.55. The fourth-order valence-electron chi connectivity index (χ4n) is 2.85. The van der Waals surface area contributed by atoms with Crippen molar-refractivity contribution in [1.29, 1.82) is 0 Å². The highest BCUT2D eigenvalue weighted by Crippen LogP contribution is 2.24. The normalized spacial score (nSPS) is 22.3. The van der Waals surface area contributed by atoms with E-state index in [4.69, 9.17) is 0 Å². The molecular formula is C16H23NO3S. The van der Waals surface area contributed by atoms with Crippen LogP contribution in [0, 0.1) is 12.8 Å². The van der Waals surface area contributed by atoms with Crippen molar-refractivity contribution in [2.45, 2.75) is 52.0 Å². The first kappa shape index (κ1) is 16.0. The van der Waals surface area contributed by atoms with Gasteiger partial charge in [0.05, 0.1) is 0 Å². The molecule has 0 aliphatic carbocycles. The summed E-state index contributed by atoms with van der Waals surface area (Å²) in [5.41, 5.74) is 0. The summed E-state index contributed by atoms with van der Waals surface area (Å²) in [6, 6.07) is 3.56. The summed E-state index contributed by atoms with van der Waals surface area (Å²) in [4.78, 5) is 27.8. The Morgan fingerprint density at radius 1 is 1.43 bits per heavy atom. The van der Waals surface area contributed by atoms with Gasteiger partial charge in [-0.3, -0.25) is 4.79 Å². The van der Waals surface area contributed by atoms with Crippen molar-refractivity contribution in [3.05, 3.63) is 21.9 Å². The van der Waals surface area contributed by atoms with Crippen LogP contribution in [0.15, 0.2) is 12.1 Å². The molecule has 1 saturated heterocycles. The molecule has 0 spiro atoms. The zero-order valence-electron chi connectivity index (χ0n) is 12.7. The van der Waals surface area contributed by atoms with E-state index in [1.807, 2.05) is 0 Å². The van der Waals surface area contributed by atoms with Crippen LogP contribution in [0.2, 0.25) is 0 Å². The molecule has 1 aliphatic rings. The number of carboxylic acid groups (broad SMARTS) is 1.